The van der Waals surface area contributed by atoms with Crippen LogP contribution in [0.2, 0.25) is 0 Å². The first-order chi connectivity index (χ1) is 13.2. The number of rotatable bonds is 5. The van der Waals surface area contributed by atoms with Crippen LogP contribution >= 0.6 is 12.2 Å². The molecule has 1 aromatic heterocycles. The lowest BCUT2D eigenvalue weighted by Crippen LogP contribution is -2.37. The molecule has 1 aliphatic rings. The van der Waals surface area contributed by atoms with Crippen molar-refractivity contribution in [2.45, 2.75) is 19.5 Å². The summed E-state index contributed by atoms with van der Waals surface area (Å²) in [6.45, 7) is 2.43. The van der Waals surface area contributed by atoms with E-state index >= 15 is 0 Å². The summed E-state index contributed by atoms with van der Waals surface area (Å²) in [4.78, 5) is 15.6. The summed E-state index contributed by atoms with van der Waals surface area (Å²) in [5.74, 6) is 1.07. The molecule has 0 atom stereocenters. The molecule has 0 N–H and O–H groups in total. The Bertz CT molecular complexity index is 998. The molecule has 0 amide bonds. The Kier molecular flexibility index (Phi) is 5.09. The molecule has 140 valence electrons. The van der Waals surface area contributed by atoms with E-state index in [2.05, 4.69) is 4.90 Å². The summed E-state index contributed by atoms with van der Waals surface area (Å²) >= 11 is 5.38. The molecule has 1 fully saturated rings. The predicted octanol–water partition coefficient (Wildman–Crippen LogP) is 4.52. The average molecular weight is 382 g/mol. The van der Waals surface area contributed by atoms with Gasteiger partial charge in [0.15, 0.2) is 11.4 Å². The molecule has 2 aromatic carbocycles. The molecular weight excluding hydrogens is 360 g/mol. The lowest BCUT2D eigenvalue weighted by molar-refractivity contribution is 0.0810. The second kappa shape index (κ2) is 7.66. The third-order valence-electron chi connectivity index (χ3n) is 5.25. The number of hydrogen-bond donors (Lipinski definition) is 0. The Morgan fingerprint density at radius 3 is 2.56 bits per heavy atom. The van der Waals surface area contributed by atoms with E-state index in [-0.39, 0.29) is 11.7 Å². The zero-order chi connectivity index (χ0) is 18.8. The number of aromatic nitrogens is 1. The fourth-order valence-corrected chi connectivity index (χ4v) is 3.92. The smallest absolute Gasteiger partial charge is 0.270 e. The van der Waals surface area contributed by atoms with Crippen molar-refractivity contribution in [3.05, 3.63) is 58.9 Å². The number of para-hydroxylation sites is 2. The molecule has 2 heterocycles. The normalized spacial score (nSPS) is 15.9. The maximum Gasteiger partial charge on any atom is 0.270 e. The highest BCUT2D eigenvalue weighted by Gasteiger charge is 2.26. The lowest BCUT2D eigenvalue weighted by atomic mass is 9.89. The van der Waals surface area contributed by atoms with Crippen LogP contribution in [0.15, 0.2) is 52.9 Å². The van der Waals surface area contributed by atoms with Crippen molar-refractivity contribution in [2.24, 2.45) is 5.92 Å². The second-order valence-electron chi connectivity index (χ2n) is 6.89. The van der Waals surface area contributed by atoms with E-state index in [9.17, 15) is 4.79 Å². The Hall–Kier alpha value is -2.44. The van der Waals surface area contributed by atoms with Gasteiger partial charge in [-0.2, -0.15) is 0 Å². The maximum absolute atomic E-state index is 12.8. The molecule has 27 heavy (non-hydrogen) atoms. The van der Waals surface area contributed by atoms with E-state index < -0.39 is 0 Å². The van der Waals surface area contributed by atoms with Gasteiger partial charge in [-0.1, -0.05) is 12.1 Å². The van der Waals surface area contributed by atoms with E-state index in [1.54, 1.807) is 7.11 Å². The Morgan fingerprint density at radius 1 is 1.15 bits per heavy atom. The van der Waals surface area contributed by atoms with E-state index in [0.29, 0.717) is 11.5 Å². The van der Waals surface area contributed by atoms with Crippen LogP contribution in [0.1, 0.15) is 23.2 Å². The molecule has 5 nitrogen and oxygen atoms in total. The number of methoxy groups -OCH3 is 1. The number of ketones is 1. The van der Waals surface area contributed by atoms with E-state index in [4.69, 9.17) is 21.4 Å². The molecule has 0 saturated carbocycles. The number of carbonyl (C=O) groups excluding carboxylic acids is 1. The monoisotopic (exact) mass is 382 g/mol. The third kappa shape index (κ3) is 3.68. The van der Waals surface area contributed by atoms with Gasteiger partial charge in [-0.15, -0.1) is 0 Å². The van der Waals surface area contributed by atoms with Crippen molar-refractivity contribution in [2.75, 3.05) is 20.2 Å². The molecule has 0 radical (unpaired) electrons. The fourth-order valence-electron chi connectivity index (χ4n) is 3.68. The first kappa shape index (κ1) is 17.9. The van der Waals surface area contributed by atoms with Gasteiger partial charge in [-0.05, 0) is 61.5 Å². The number of piperidine rings is 1. The summed E-state index contributed by atoms with van der Waals surface area (Å²) < 4.78 is 12.8. The lowest BCUT2D eigenvalue weighted by Gasteiger charge is -2.31. The summed E-state index contributed by atoms with van der Waals surface area (Å²) in [5, 5.41) is 0. The van der Waals surface area contributed by atoms with Crippen LogP contribution in [-0.2, 0) is 6.67 Å². The van der Waals surface area contributed by atoms with Gasteiger partial charge in [0.2, 0.25) is 0 Å². The van der Waals surface area contributed by atoms with Crippen LogP contribution in [0.4, 0.5) is 0 Å². The highest BCUT2D eigenvalue weighted by molar-refractivity contribution is 7.71. The number of ether oxygens (including phenoxy) is 1. The van der Waals surface area contributed by atoms with Crippen molar-refractivity contribution in [1.82, 2.24) is 9.47 Å². The minimum Gasteiger partial charge on any atom is -0.497 e. The van der Waals surface area contributed by atoms with Crippen LogP contribution in [0.5, 0.6) is 5.75 Å². The fraction of sp³-hybridized carbons (Fsp3) is 0.333. The van der Waals surface area contributed by atoms with Crippen LogP contribution in [-0.4, -0.2) is 35.4 Å². The van der Waals surface area contributed by atoms with Crippen LogP contribution < -0.4 is 4.74 Å². The first-order valence-electron chi connectivity index (χ1n) is 9.14. The minimum absolute atomic E-state index is 0.0729. The number of hydrogen-bond acceptors (Lipinski definition) is 5. The average Bonchev–Trinajstić information content (AvgIpc) is 3.03. The van der Waals surface area contributed by atoms with Crippen molar-refractivity contribution in [3.8, 4) is 5.75 Å². The number of likely N-dealkylation sites (tertiary alicyclic amines) is 1. The maximum atomic E-state index is 12.8. The van der Waals surface area contributed by atoms with Crippen LogP contribution in [0.25, 0.3) is 11.1 Å². The van der Waals surface area contributed by atoms with Gasteiger partial charge in [0.1, 0.15) is 5.75 Å². The SMILES string of the molecule is COc1ccc(C(=O)C2CCN(Cn3c(=S)oc4ccccc43)CC2)cc1. The predicted molar refractivity (Wildman–Crippen MR) is 107 cm³/mol. The molecule has 0 spiro atoms. The number of benzene rings is 2. The summed E-state index contributed by atoms with van der Waals surface area (Å²) in [6, 6.07) is 15.3. The molecule has 0 unspecified atom stereocenters. The molecule has 1 saturated heterocycles. The summed E-state index contributed by atoms with van der Waals surface area (Å²) in [5.41, 5.74) is 2.59. The van der Waals surface area contributed by atoms with Gasteiger partial charge < -0.3 is 9.15 Å². The molecule has 3 aromatic rings. The summed E-state index contributed by atoms with van der Waals surface area (Å²) in [6.07, 6.45) is 1.71. The molecule has 0 aliphatic carbocycles. The summed E-state index contributed by atoms with van der Waals surface area (Å²) in [7, 11) is 1.63. The Labute approximate surface area is 163 Å². The van der Waals surface area contributed by atoms with Gasteiger partial charge in [-0.25, -0.2) is 0 Å². The topological polar surface area (TPSA) is 47.6 Å². The first-order valence-corrected chi connectivity index (χ1v) is 9.55. The van der Waals surface area contributed by atoms with E-state index in [1.807, 2.05) is 53.1 Å². The van der Waals surface area contributed by atoms with Crippen molar-refractivity contribution >= 4 is 29.1 Å². The number of carbonyl (C=O) groups is 1. The molecule has 6 heteroatoms. The largest absolute Gasteiger partial charge is 0.497 e. The zero-order valence-corrected chi connectivity index (χ0v) is 16.1. The second-order valence-corrected chi connectivity index (χ2v) is 7.24. The third-order valence-corrected chi connectivity index (χ3v) is 5.55. The van der Waals surface area contributed by atoms with Gasteiger partial charge >= 0.3 is 0 Å². The number of nitrogens with zero attached hydrogens (tertiary/aromatic N) is 2. The molecule has 1 aliphatic heterocycles. The van der Waals surface area contributed by atoms with Crippen LogP contribution in [0, 0.1) is 10.8 Å². The highest BCUT2D eigenvalue weighted by Crippen LogP contribution is 2.24. The quantitative estimate of drug-likeness (QED) is 0.479. The number of fused-ring (bicyclic) bond motifs is 1. The molecular formula is C21H22N2O3S. The minimum atomic E-state index is 0.0729. The van der Waals surface area contributed by atoms with Gasteiger partial charge in [0.05, 0.1) is 19.3 Å². The van der Waals surface area contributed by atoms with Gasteiger partial charge in [0.25, 0.3) is 4.84 Å². The van der Waals surface area contributed by atoms with Crippen molar-refractivity contribution in [3.63, 3.8) is 0 Å². The van der Waals surface area contributed by atoms with Gasteiger partial charge in [-0.3, -0.25) is 14.3 Å². The molecule has 0 bridgehead atoms. The van der Waals surface area contributed by atoms with Gasteiger partial charge in [0, 0.05) is 24.6 Å². The van der Waals surface area contributed by atoms with E-state index in [0.717, 1.165) is 48.3 Å². The number of oxazole rings is 1. The standard InChI is InChI=1S/C21H22N2O3S/c1-25-17-8-6-15(7-9-17)20(24)16-10-12-22(13-11-16)14-23-18-4-2-3-5-19(18)26-21(23)27/h2-9,16H,10-14H2,1H3. The van der Waals surface area contributed by atoms with E-state index in [1.165, 1.54) is 0 Å². The van der Waals surface area contributed by atoms with Crippen LogP contribution in [0.3, 0.4) is 0 Å². The highest BCUT2D eigenvalue weighted by atomic mass is 32.1. The molecule has 4 rings (SSSR count). The zero-order valence-electron chi connectivity index (χ0n) is 15.3. The number of Topliss-reactive ketones (excluding diaryl/α,β-unsaturated/α-hetero) is 1. The Balaban J connectivity index is 1.40. The van der Waals surface area contributed by atoms with Crippen molar-refractivity contribution < 1.29 is 13.9 Å². The Morgan fingerprint density at radius 2 is 1.85 bits per heavy atom. The van der Waals surface area contributed by atoms with Crippen molar-refractivity contribution in [1.29, 1.82) is 0 Å².